The predicted octanol–water partition coefficient (Wildman–Crippen LogP) is 3.73. The zero-order valence-electron chi connectivity index (χ0n) is 13.0. The number of nitrogens with one attached hydrogen (secondary N) is 1. The fourth-order valence-electron chi connectivity index (χ4n) is 2.52. The van der Waals surface area contributed by atoms with Crippen molar-refractivity contribution >= 4 is 28.5 Å². The van der Waals surface area contributed by atoms with Crippen molar-refractivity contribution in [3.05, 3.63) is 29.6 Å². The number of rotatable bonds is 5. The third kappa shape index (κ3) is 3.05. The van der Waals surface area contributed by atoms with Crippen molar-refractivity contribution in [2.45, 2.75) is 45.5 Å². The number of amides is 1. The summed E-state index contributed by atoms with van der Waals surface area (Å²) >= 11 is 6.27. The van der Waals surface area contributed by atoms with Crippen LogP contribution in [0.2, 0.25) is 0 Å². The predicted molar refractivity (Wildman–Crippen MR) is 86.7 cm³/mol. The number of para-hydroxylation sites is 1. The molecule has 1 aromatic carbocycles. The number of aromatic nitrogens is 2. The number of benzene rings is 1. The Labute approximate surface area is 130 Å². The average Bonchev–Trinajstić information content (AvgIpc) is 2.85. The Bertz CT molecular complexity index is 648. The van der Waals surface area contributed by atoms with Gasteiger partial charge in [-0.15, -0.1) is 11.6 Å². The molecule has 0 radical (unpaired) electrons. The van der Waals surface area contributed by atoms with Gasteiger partial charge in [0.15, 0.2) is 0 Å². The number of carbonyl (C=O) groups excluding carboxylic acids is 1. The van der Waals surface area contributed by atoms with Crippen molar-refractivity contribution in [1.82, 2.24) is 14.9 Å². The van der Waals surface area contributed by atoms with Gasteiger partial charge in [-0.1, -0.05) is 19.1 Å². The summed E-state index contributed by atoms with van der Waals surface area (Å²) in [7, 11) is 0. The highest BCUT2D eigenvalue weighted by atomic mass is 35.5. The molecule has 0 aliphatic heterocycles. The summed E-state index contributed by atoms with van der Waals surface area (Å²) in [6.45, 7) is 8.51. The molecule has 2 rings (SSSR count). The summed E-state index contributed by atoms with van der Waals surface area (Å²) in [5.41, 5.74) is 2.96. The Morgan fingerprint density at radius 3 is 2.76 bits per heavy atom. The average molecular weight is 308 g/mol. The summed E-state index contributed by atoms with van der Waals surface area (Å²) in [6.07, 6.45) is 0.918. The Hall–Kier alpha value is -1.55. The van der Waals surface area contributed by atoms with Crippen LogP contribution >= 0.6 is 11.6 Å². The highest BCUT2D eigenvalue weighted by molar-refractivity contribution is 6.20. The van der Waals surface area contributed by atoms with Crippen LogP contribution in [0.1, 0.15) is 50.0 Å². The van der Waals surface area contributed by atoms with E-state index >= 15 is 0 Å². The van der Waals surface area contributed by atoms with Gasteiger partial charge in [-0.05, 0) is 38.8 Å². The highest BCUT2D eigenvalue weighted by Crippen LogP contribution is 2.29. The van der Waals surface area contributed by atoms with Crippen molar-refractivity contribution in [3.63, 3.8) is 0 Å². The molecule has 1 heterocycles. The van der Waals surface area contributed by atoms with Gasteiger partial charge in [0, 0.05) is 6.54 Å². The highest BCUT2D eigenvalue weighted by Gasteiger charge is 2.24. The lowest BCUT2D eigenvalue weighted by molar-refractivity contribution is -0.123. The largest absolute Gasteiger partial charge is 0.354 e. The molecule has 0 saturated heterocycles. The molecule has 2 unspecified atom stereocenters. The molecule has 114 valence electrons. The lowest BCUT2D eigenvalue weighted by Crippen LogP contribution is -2.32. The van der Waals surface area contributed by atoms with Crippen molar-refractivity contribution < 1.29 is 4.79 Å². The van der Waals surface area contributed by atoms with Crippen LogP contribution in [0.3, 0.4) is 0 Å². The molecular formula is C16H22ClN3O. The zero-order valence-corrected chi connectivity index (χ0v) is 13.7. The van der Waals surface area contributed by atoms with E-state index in [1.165, 1.54) is 0 Å². The van der Waals surface area contributed by atoms with E-state index in [1.54, 1.807) is 0 Å². The minimum absolute atomic E-state index is 0.00188. The van der Waals surface area contributed by atoms with Crippen molar-refractivity contribution in [3.8, 4) is 0 Å². The van der Waals surface area contributed by atoms with Gasteiger partial charge in [0.25, 0.3) is 0 Å². The first-order chi connectivity index (χ1) is 9.97. The normalized spacial score (nSPS) is 14.1. The van der Waals surface area contributed by atoms with Crippen LogP contribution in [0.4, 0.5) is 0 Å². The Morgan fingerprint density at radius 2 is 2.14 bits per heavy atom. The molecule has 21 heavy (non-hydrogen) atoms. The number of carbonyl (C=O) groups is 1. The van der Waals surface area contributed by atoms with E-state index in [9.17, 15) is 4.79 Å². The van der Waals surface area contributed by atoms with Gasteiger partial charge in [-0.25, -0.2) is 4.98 Å². The maximum absolute atomic E-state index is 12.3. The van der Waals surface area contributed by atoms with E-state index in [2.05, 4.69) is 10.3 Å². The Balaban J connectivity index is 2.54. The van der Waals surface area contributed by atoms with Crippen LogP contribution in [0.25, 0.3) is 11.0 Å². The maximum atomic E-state index is 12.3. The smallest absolute Gasteiger partial charge is 0.242 e. The maximum Gasteiger partial charge on any atom is 0.242 e. The van der Waals surface area contributed by atoms with Gasteiger partial charge in [0.05, 0.1) is 16.4 Å². The monoisotopic (exact) mass is 307 g/mol. The third-order valence-electron chi connectivity index (χ3n) is 3.61. The van der Waals surface area contributed by atoms with Crippen molar-refractivity contribution in [2.75, 3.05) is 6.54 Å². The van der Waals surface area contributed by atoms with Gasteiger partial charge in [-0.2, -0.15) is 0 Å². The first-order valence-corrected chi connectivity index (χ1v) is 7.80. The molecule has 1 aromatic heterocycles. The molecule has 1 amide bonds. The quantitative estimate of drug-likeness (QED) is 0.856. The van der Waals surface area contributed by atoms with E-state index < -0.39 is 0 Å². The van der Waals surface area contributed by atoms with Gasteiger partial charge >= 0.3 is 0 Å². The van der Waals surface area contributed by atoms with E-state index in [1.807, 2.05) is 50.5 Å². The molecule has 0 aliphatic carbocycles. The number of aryl methyl sites for hydroxylation is 1. The minimum atomic E-state index is -0.334. The molecule has 4 nitrogen and oxygen atoms in total. The SMILES string of the molecule is CCCNC(=O)C(C)n1c(C(C)Cl)nc2cccc(C)c21. The molecule has 0 saturated carbocycles. The van der Waals surface area contributed by atoms with Crippen LogP contribution in [-0.4, -0.2) is 22.0 Å². The van der Waals surface area contributed by atoms with Crippen molar-refractivity contribution in [2.24, 2.45) is 0 Å². The fraction of sp³-hybridized carbons (Fsp3) is 0.500. The number of alkyl halides is 1. The van der Waals surface area contributed by atoms with E-state index in [0.29, 0.717) is 6.54 Å². The van der Waals surface area contributed by atoms with E-state index in [4.69, 9.17) is 11.6 Å². The number of hydrogen-bond donors (Lipinski definition) is 1. The molecule has 0 fully saturated rings. The summed E-state index contributed by atoms with van der Waals surface area (Å²) in [4.78, 5) is 16.9. The molecule has 0 spiro atoms. The third-order valence-corrected chi connectivity index (χ3v) is 3.81. The Kier molecular flexibility index (Phi) is 4.88. The first kappa shape index (κ1) is 15.8. The summed E-state index contributed by atoms with van der Waals surface area (Å²) in [5, 5.41) is 2.69. The van der Waals surface area contributed by atoms with Gasteiger partial charge < -0.3 is 9.88 Å². The van der Waals surface area contributed by atoms with E-state index in [0.717, 1.165) is 28.8 Å². The van der Waals surface area contributed by atoms with Gasteiger partial charge in [-0.3, -0.25) is 4.79 Å². The van der Waals surface area contributed by atoms with Crippen LogP contribution < -0.4 is 5.32 Å². The lowest BCUT2D eigenvalue weighted by atomic mass is 10.2. The number of imidazole rings is 1. The summed E-state index contributed by atoms with van der Waals surface area (Å²) in [6, 6.07) is 5.62. The van der Waals surface area contributed by atoms with Crippen LogP contribution in [0.15, 0.2) is 18.2 Å². The standard InChI is InChI=1S/C16H22ClN3O/c1-5-9-18-16(21)12(4)20-14-10(2)7-6-8-13(14)19-15(20)11(3)17/h6-8,11-12H,5,9H2,1-4H3,(H,18,21). The van der Waals surface area contributed by atoms with Crippen LogP contribution in [0, 0.1) is 6.92 Å². The van der Waals surface area contributed by atoms with Gasteiger partial charge in [0.1, 0.15) is 11.9 Å². The minimum Gasteiger partial charge on any atom is -0.354 e. The van der Waals surface area contributed by atoms with Crippen molar-refractivity contribution in [1.29, 1.82) is 0 Å². The fourth-order valence-corrected chi connectivity index (χ4v) is 2.68. The number of fused-ring (bicyclic) bond motifs is 1. The number of halogens is 1. The van der Waals surface area contributed by atoms with Crippen LogP contribution in [0.5, 0.6) is 0 Å². The Morgan fingerprint density at radius 1 is 1.43 bits per heavy atom. The summed E-state index contributed by atoms with van der Waals surface area (Å²) in [5.74, 6) is 0.734. The lowest BCUT2D eigenvalue weighted by Gasteiger charge is -2.19. The second kappa shape index (κ2) is 6.48. The number of hydrogen-bond acceptors (Lipinski definition) is 2. The first-order valence-electron chi connectivity index (χ1n) is 7.36. The molecule has 2 atom stereocenters. The number of nitrogens with zero attached hydrogens (tertiary/aromatic N) is 2. The zero-order chi connectivity index (χ0) is 15.6. The summed E-state index contributed by atoms with van der Waals surface area (Å²) < 4.78 is 1.97. The molecule has 0 aliphatic rings. The second-order valence-corrected chi connectivity index (χ2v) is 6.02. The molecular weight excluding hydrogens is 286 g/mol. The second-order valence-electron chi connectivity index (χ2n) is 5.37. The molecule has 1 N–H and O–H groups in total. The topological polar surface area (TPSA) is 46.9 Å². The van der Waals surface area contributed by atoms with Gasteiger partial charge in [0.2, 0.25) is 5.91 Å². The molecule has 2 aromatic rings. The molecule has 0 bridgehead atoms. The van der Waals surface area contributed by atoms with Crippen LogP contribution in [-0.2, 0) is 4.79 Å². The van der Waals surface area contributed by atoms with E-state index in [-0.39, 0.29) is 17.3 Å². The molecule has 5 heteroatoms.